The largest absolute Gasteiger partial charge is 1.00 e. The Balaban J connectivity index is 0. The molecule has 13 heavy (non-hydrogen) atoms. The molecule has 0 unspecified atom stereocenters. The van der Waals surface area contributed by atoms with E-state index in [0.717, 1.165) is 15.6 Å². The van der Waals surface area contributed by atoms with Crippen molar-refractivity contribution in [2.75, 3.05) is 0 Å². The van der Waals surface area contributed by atoms with Gasteiger partial charge in [0, 0.05) is 0 Å². The number of aromatic hydroxyl groups is 1. The van der Waals surface area contributed by atoms with E-state index in [1.165, 1.54) is 0 Å². The molecular formula is C10H14BrNaO. The third-order valence-corrected chi connectivity index (χ3v) is 2.96. The molecule has 1 nitrogen and oxygen atoms in total. The number of hydrogen-bond donors (Lipinski definition) is 1. The Kier molecular flexibility index (Phi) is 5.61. The van der Waals surface area contributed by atoms with Gasteiger partial charge in [0.2, 0.25) is 0 Å². The van der Waals surface area contributed by atoms with Crippen molar-refractivity contribution in [1.29, 1.82) is 0 Å². The topological polar surface area (TPSA) is 20.2 Å². The van der Waals surface area contributed by atoms with Crippen LogP contribution in [0.1, 0.15) is 32.3 Å². The monoisotopic (exact) mass is 252 g/mol. The molecule has 0 aromatic heterocycles. The molecule has 68 valence electrons. The van der Waals surface area contributed by atoms with Gasteiger partial charge in [-0.2, -0.15) is 0 Å². The summed E-state index contributed by atoms with van der Waals surface area (Å²) in [4.78, 5) is 0. The normalized spacial score (nSPS) is 9.92. The number of hydrogen-bond acceptors (Lipinski definition) is 1. The predicted molar refractivity (Wildman–Crippen MR) is 55.7 cm³/mol. The Bertz CT molecular complexity index is 302. The Morgan fingerprint density at radius 3 is 2.38 bits per heavy atom. The predicted octanol–water partition coefficient (Wildman–Crippen LogP) is 0.703. The van der Waals surface area contributed by atoms with Crippen LogP contribution in [-0.4, -0.2) is 5.11 Å². The van der Waals surface area contributed by atoms with E-state index in [4.69, 9.17) is 0 Å². The zero-order chi connectivity index (χ0) is 9.30. The minimum atomic E-state index is 0. The van der Waals surface area contributed by atoms with E-state index in [1.54, 1.807) is 0 Å². The molecule has 1 N–H and O–H groups in total. The minimum absolute atomic E-state index is 0. The number of phenolic OH excluding ortho intramolecular Hbond substituents is 1. The quantitative estimate of drug-likeness (QED) is 0.730. The van der Waals surface area contributed by atoms with Gasteiger partial charge in [0.05, 0.1) is 4.47 Å². The van der Waals surface area contributed by atoms with Crippen molar-refractivity contribution in [2.45, 2.75) is 26.7 Å². The van der Waals surface area contributed by atoms with Crippen molar-refractivity contribution in [2.24, 2.45) is 0 Å². The van der Waals surface area contributed by atoms with Crippen LogP contribution in [-0.2, 0) is 0 Å². The van der Waals surface area contributed by atoms with E-state index in [-0.39, 0.29) is 31.0 Å². The van der Waals surface area contributed by atoms with Gasteiger partial charge in [0.25, 0.3) is 0 Å². The fraction of sp³-hybridized carbons (Fsp3) is 0.400. The smallest absolute Gasteiger partial charge is 1.00 e. The second kappa shape index (κ2) is 5.40. The minimum Gasteiger partial charge on any atom is -1.00 e. The first kappa shape index (κ1) is 13.5. The first-order valence-corrected chi connectivity index (χ1v) is 4.81. The summed E-state index contributed by atoms with van der Waals surface area (Å²) in [5.41, 5.74) is 2.06. The van der Waals surface area contributed by atoms with E-state index in [2.05, 4.69) is 29.8 Å². The Morgan fingerprint density at radius 2 is 1.92 bits per heavy atom. The first-order valence-electron chi connectivity index (χ1n) is 4.02. The fourth-order valence-electron chi connectivity index (χ4n) is 1.15. The van der Waals surface area contributed by atoms with Crippen LogP contribution in [0.15, 0.2) is 16.6 Å². The molecule has 0 amide bonds. The summed E-state index contributed by atoms with van der Waals surface area (Å²) in [5.74, 6) is 0.742. The van der Waals surface area contributed by atoms with Gasteiger partial charge in [-0.25, -0.2) is 0 Å². The molecule has 3 heteroatoms. The van der Waals surface area contributed by atoms with Crippen LogP contribution in [0, 0.1) is 6.92 Å². The van der Waals surface area contributed by atoms with E-state index < -0.39 is 0 Å². The fourth-order valence-corrected chi connectivity index (χ4v) is 1.51. The van der Waals surface area contributed by atoms with Crippen molar-refractivity contribution in [3.63, 3.8) is 0 Å². The molecule has 0 saturated carbocycles. The van der Waals surface area contributed by atoms with Crippen LogP contribution in [0.4, 0.5) is 0 Å². The summed E-state index contributed by atoms with van der Waals surface area (Å²) in [6, 6.07) is 3.99. The SMILES string of the molecule is Cc1ccc(C(C)C)c(O)c1Br.[H-].[Na+]. The maximum atomic E-state index is 9.70. The Labute approximate surface area is 111 Å². The zero-order valence-corrected chi connectivity index (χ0v) is 12.1. The van der Waals surface area contributed by atoms with E-state index in [9.17, 15) is 5.11 Å². The van der Waals surface area contributed by atoms with E-state index in [1.807, 2.05) is 19.1 Å². The van der Waals surface area contributed by atoms with Crippen molar-refractivity contribution in [1.82, 2.24) is 0 Å². The average Bonchev–Trinajstić information content (AvgIpc) is 2.00. The summed E-state index contributed by atoms with van der Waals surface area (Å²) in [5, 5.41) is 9.70. The summed E-state index contributed by atoms with van der Waals surface area (Å²) < 4.78 is 0.814. The van der Waals surface area contributed by atoms with Crippen LogP contribution in [0.2, 0.25) is 0 Å². The number of phenols is 1. The molecule has 0 aliphatic carbocycles. The van der Waals surface area contributed by atoms with Crippen molar-refractivity contribution < 1.29 is 36.1 Å². The van der Waals surface area contributed by atoms with Crippen LogP contribution in [0.3, 0.4) is 0 Å². The molecule has 0 spiro atoms. The van der Waals surface area contributed by atoms with Gasteiger partial charge >= 0.3 is 29.6 Å². The van der Waals surface area contributed by atoms with E-state index in [0.29, 0.717) is 11.7 Å². The zero-order valence-electron chi connectivity index (χ0n) is 9.56. The third kappa shape index (κ3) is 2.98. The summed E-state index contributed by atoms with van der Waals surface area (Å²) in [6.45, 7) is 6.10. The van der Waals surface area contributed by atoms with Crippen LogP contribution >= 0.6 is 15.9 Å². The summed E-state index contributed by atoms with van der Waals surface area (Å²) in [6.07, 6.45) is 0. The number of halogens is 1. The number of rotatable bonds is 1. The van der Waals surface area contributed by atoms with Crippen molar-refractivity contribution in [3.05, 3.63) is 27.7 Å². The van der Waals surface area contributed by atoms with E-state index >= 15 is 0 Å². The van der Waals surface area contributed by atoms with Crippen LogP contribution in [0.25, 0.3) is 0 Å². The Hall–Kier alpha value is 0.500. The van der Waals surface area contributed by atoms with Gasteiger partial charge in [-0.05, 0) is 39.9 Å². The molecular weight excluding hydrogens is 239 g/mol. The van der Waals surface area contributed by atoms with Gasteiger partial charge in [-0.3, -0.25) is 0 Å². The molecule has 0 fully saturated rings. The van der Waals surface area contributed by atoms with Gasteiger partial charge < -0.3 is 6.53 Å². The van der Waals surface area contributed by atoms with Gasteiger partial charge in [0.15, 0.2) is 0 Å². The number of aryl methyl sites for hydroxylation is 1. The maximum absolute atomic E-state index is 9.70. The molecule has 0 aliphatic heterocycles. The van der Waals surface area contributed by atoms with Gasteiger partial charge in [-0.1, -0.05) is 26.0 Å². The molecule has 0 bridgehead atoms. The first-order chi connectivity index (χ1) is 5.54. The molecule has 0 heterocycles. The summed E-state index contributed by atoms with van der Waals surface area (Å²) >= 11 is 3.35. The van der Waals surface area contributed by atoms with Crippen LogP contribution in [0.5, 0.6) is 5.75 Å². The molecule has 0 aliphatic rings. The summed E-state index contributed by atoms with van der Waals surface area (Å²) in [7, 11) is 0. The maximum Gasteiger partial charge on any atom is 1.00 e. The molecule has 0 radical (unpaired) electrons. The molecule has 0 atom stereocenters. The average molecular weight is 253 g/mol. The van der Waals surface area contributed by atoms with Crippen LogP contribution < -0.4 is 29.6 Å². The van der Waals surface area contributed by atoms with Gasteiger partial charge in [0.1, 0.15) is 5.75 Å². The molecule has 1 rings (SSSR count). The molecule has 0 saturated heterocycles. The molecule has 1 aromatic rings. The second-order valence-electron chi connectivity index (χ2n) is 3.29. The standard InChI is InChI=1S/C10H13BrO.Na.H/c1-6(2)8-5-4-7(3)9(11)10(8)12;;/h4-6,12H,1-3H3;;/q;+1;-1. The number of benzene rings is 1. The second-order valence-corrected chi connectivity index (χ2v) is 4.08. The third-order valence-electron chi connectivity index (χ3n) is 1.96. The molecule has 1 aromatic carbocycles. The van der Waals surface area contributed by atoms with Gasteiger partial charge in [-0.15, -0.1) is 0 Å². The van der Waals surface area contributed by atoms with Crippen molar-refractivity contribution >= 4 is 15.9 Å². The Morgan fingerprint density at radius 1 is 1.38 bits per heavy atom. The van der Waals surface area contributed by atoms with Crippen molar-refractivity contribution in [3.8, 4) is 5.75 Å².